The van der Waals surface area contributed by atoms with Crippen molar-refractivity contribution in [2.24, 2.45) is 0 Å². The number of nitrogens with one attached hydrogen (secondary N) is 1. The first kappa shape index (κ1) is 30.3. The lowest BCUT2D eigenvalue weighted by Gasteiger charge is -2.14. The Bertz CT molecular complexity index is 870. The Morgan fingerprint density at radius 2 is 1.31 bits per heavy atom. The zero-order chi connectivity index (χ0) is 25.8. The normalized spacial score (nSPS) is 11.2. The third-order valence-corrected chi connectivity index (χ3v) is 7.03. The summed E-state index contributed by atoms with van der Waals surface area (Å²) in [5.41, 5.74) is 0.245. The largest absolute Gasteiger partial charge is 0.506 e. The van der Waals surface area contributed by atoms with Crippen molar-refractivity contribution in [3.8, 4) is 11.5 Å². The maximum Gasteiger partial charge on any atom is 0.255 e. The minimum Gasteiger partial charge on any atom is -0.506 e. The number of rotatable bonds is 21. The number of unbranched alkanes of at least 4 members (excludes halogenated alkanes) is 15. The van der Waals surface area contributed by atoms with Gasteiger partial charge in [-0.1, -0.05) is 128 Å². The highest BCUT2D eigenvalue weighted by Gasteiger charge is 2.17. The number of ether oxygens (including phenoxy) is 1. The maximum absolute atomic E-state index is 12.7. The minimum atomic E-state index is -0.269. The number of phenols is 1. The highest BCUT2D eigenvalue weighted by atomic mass is 35.5. The third kappa shape index (κ3) is 11.4. The van der Waals surface area contributed by atoms with Gasteiger partial charge in [0.25, 0.3) is 5.91 Å². The standard InChI is InChI=1S/C31H48ClNO3/c1-2-3-4-5-6-7-8-9-10-11-12-13-14-15-16-19-23-33-31(35)28-25-29(36-24-22-32)26-20-17-18-21-27(26)30(28)34/h17-18,20-21,25,34H,2-16,19,22-24H2,1H3,(H,33,35). The fraction of sp³-hybridized carbons (Fsp3) is 0.645. The van der Waals surface area contributed by atoms with Crippen molar-refractivity contribution in [3.05, 3.63) is 35.9 Å². The van der Waals surface area contributed by atoms with Crippen LogP contribution in [0.4, 0.5) is 0 Å². The molecule has 0 aliphatic carbocycles. The van der Waals surface area contributed by atoms with Crippen molar-refractivity contribution in [1.29, 1.82) is 0 Å². The first-order valence-electron chi connectivity index (χ1n) is 14.4. The van der Waals surface area contributed by atoms with Gasteiger partial charge in [-0.2, -0.15) is 0 Å². The van der Waals surface area contributed by atoms with Crippen LogP contribution in [0.2, 0.25) is 0 Å². The molecule has 5 heteroatoms. The molecule has 0 spiro atoms. The van der Waals surface area contributed by atoms with Gasteiger partial charge in [0.2, 0.25) is 0 Å². The molecular weight excluding hydrogens is 470 g/mol. The molecule has 0 aromatic heterocycles. The van der Waals surface area contributed by atoms with Crippen molar-refractivity contribution in [2.75, 3.05) is 19.0 Å². The van der Waals surface area contributed by atoms with Crippen LogP contribution in [0.25, 0.3) is 10.8 Å². The molecule has 0 unspecified atom stereocenters. The van der Waals surface area contributed by atoms with E-state index in [-0.39, 0.29) is 17.2 Å². The number of hydrogen-bond donors (Lipinski definition) is 2. The first-order chi connectivity index (χ1) is 17.7. The quantitative estimate of drug-likeness (QED) is 0.128. The highest BCUT2D eigenvalue weighted by Crippen LogP contribution is 2.36. The second-order valence-electron chi connectivity index (χ2n) is 9.91. The average molecular weight is 518 g/mol. The Morgan fingerprint density at radius 1 is 0.806 bits per heavy atom. The summed E-state index contributed by atoms with van der Waals surface area (Å²) in [5.74, 6) is 0.649. The molecule has 2 rings (SSSR count). The summed E-state index contributed by atoms with van der Waals surface area (Å²) in [5, 5.41) is 15.0. The van der Waals surface area contributed by atoms with Gasteiger partial charge in [0, 0.05) is 17.3 Å². The molecule has 0 aliphatic heterocycles. The van der Waals surface area contributed by atoms with Crippen LogP contribution in [0.5, 0.6) is 11.5 Å². The minimum absolute atomic E-state index is 0.00621. The van der Waals surface area contributed by atoms with E-state index in [4.69, 9.17) is 16.3 Å². The molecule has 1 amide bonds. The predicted octanol–water partition coefficient (Wildman–Crippen LogP) is 9.15. The number of fused-ring (bicyclic) bond motifs is 1. The van der Waals surface area contributed by atoms with Gasteiger partial charge in [-0.3, -0.25) is 4.79 Å². The monoisotopic (exact) mass is 517 g/mol. The predicted molar refractivity (Wildman–Crippen MR) is 154 cm³/mol. The first-order valence-corrected chi connectivity index (χ1v) is 14.9. The van der Waals surface area contributed by atoms with E-state index in [0.29, 0.717) is 30.2 Å². The van der Waals surface area contributed by atoms with Crippen molar-refractivity contribution in [1.82, 2.24) is 5.32 Å². The van der Waals surface area contributed by atoms with Crippen molar-refractivity contribution >= 4 is 28.3 Å². The SMILES string of the molecule is CCCCCCCCCCCCCCCCCCNC(=O)c1cc(OCCCl)c2ccccc2c1O. The van der Waals surface area contributed by atoms with E-state index in [1.165, 1.54) is 89.9 Å². The summed E-state index contributed by atoms with van der Waals surface area (Å²) in [6.45, 7) is 3.23. The number of amides is 1. The zero-order valence-corrected chi connectivity index (χ0v) is 23.2. The van der Waals surface area contributed by atoms with E-state index in [2.05, 4.69) is 12.2 Å². The van der Waals surface area contributed by atoms with E-state index in [1.54, 1.807) is 12.1 Å². The lowest BCUT2D eigenvalue weighted by atomic mass is 10.0. The molecule has 0 heterocycles. The van der Waals surface area contributed by atoms with E-state index in [1.807, 2.05) is 18.2 Å². The van der Waals surface area contributed by atoms with Crippen LogP contribution in [0, 0.1) is 0 Å². The van der Waals surface area contributed by atoms with Crippen LogP contribution in [0.3, 0.4) is 0 Å². The summed E-state index contributed by atoms with van der Waals surface area (Å²) in [6.07, 6.45) is 21.2. The van der Waals surface area contributed by atoms with E-state index >= 15 is 0 Å². The third-order valence-electron chi connectivity index (χ3n) is 6.87. The van der Waals surface area contributed by atoms with E-state index in [9.17, 15) is 9.90 Å². The summed E-state index contributed by atoms with van der Waals surface area (Å²) in [4.78, 5) is 12.7. The van der Waals surface area contributed by atoms with Gasteiger partial charge in [0.05, 0.1) is 11.4 Å². The number of hydrogen-bond acceptors (Lipinski definition) is 3. The van der Waals surface area contributed by atoms with Gasteiger partial charge in [0.15, 0.2) is 0 Å². The Kier molecular flexibility index (Phi) is 16.2. The van der Waals surface area contributed by atoms with Crippen LogP contribution >= 0.6 is 11.6 Å². The van der Waals surface area contributed by atoms with Gasteiger partial charge in [-0.25, -0.2) is 0 Å². The molecule has 0 aliphatic rings. The average Bonchev–Trinajstić information content (AvgIpc) is 2.90. The van der Waals surface area contributed by atoms with Crippen LogP contribution in [0.1, 0.15) is 120 Å². The molecule has 0 atom stereocenters. The van der Waals surface area contributed by atoms with Gasteiger partial charge < -0.3 is 15.2 Å². The summed E-state index contributed by atoms with van der Waals surface area (Å²) < 4.78 is 5.73. The number of phenolic OH excluding ortho intramolecular Hbond substituents is 1. The number of carbonyl (C=O) groups excluding carboxylic acids is 1. The molecule has 0 fully saturated rings. The van der Waals surface area contributed by atoms with Crippen LogP contribution in [-0.4, -0.2) is 30.0 Å². The van der Waals surface area contributed by atoms with E-state index in [0.717, 1.165) is 18.2 Å². The molecule has 2 aromatic carbocycles. The molecular formula is C31H48ClNO3. The molecule has 36 heavy (non-hydrogen) atoms. The number of benzene rings is 2. The van der Waals surface area contributed by atoms with Gasteiger partial charge in [-0.15, -0.1) is 11.6 Å². The Labute approximate surface area is 224 Å². The van der Waals surface area contributed by atoms with Gasteiger partial charge in [-0.05, 0) is 12.5 Å². The maximum atomic E-state index is 12.7. The lowest BCUT2D eigenvalue weighted by molar-refractivity contribution is 0.0950. The molecule has 4 nitrogen and oxygen atoms in total. The Balaban J connectivity index is 1.55. The number of carbonyl (C=O) groups is 1. The van der Waals surface area contributed by atoms with Gasteiger partial charge >= 0.3 is 0 Å². The lowest BCUT2D eigenvalue weighted by Crippen LogP contribution is -2.24. The van der Waals surface area contributed by atoms with Crippen LogP contribution in [0.15, 0.2) is 30.3 Å². The fourth-order valence-corrected chi connectivity index (χ4v) is 4.82. The summed E-state index contributed by atoms with van der Waals surface area (Å²) in [6, 6.07) is 9.01. The van der Waals surface area contributed by atoms with Crippen molar-refractivity contribution < 1.29 is 14.6 Å². The van der Waals surface area contributed by atoms with E-state index < -0.39 is 0 Å². The molecule has 202 valence electrons. The molecule has 2 aromatic rings. The molecule has 0 radical (unpaired) electrons. The summed E-state index contributed by atoms with van der Waals surface area (Å²) in [7, 11) is 0. The molecule has 2 N–H and O–H groups in total. The topological polar surface area (TPSA) is 58.6 Å². The fourth-order valence-electron chi connectivity index (χ4n) is 4.74. The number of alkyl halides is 1. The molecule has 0 saturated carbocycles. The van der Waals surface area contributed by atoms with Crippen LogP contribution < -0.4 is 10.1 Å². The Hall–Kier alpha value is -1.94. The smallest absolute Gasteiger partial charge is 0.255 e. The van der Waals surface area contributed by atoms with Gasteiger partial charge in [0.1, 0.15) is 18.1 Å². The van der Waals surface area contributed by atoms with Crippen LogP contribution in [-0.2, 0) is 0 Å². The Morgan fingerprint density at radius 3 is 1.83 bits per heavy atom. The highest BCUT2D eigenvalue weighted by molar-refractivity contribution is 6.18. The number of aromatic hydroxyl groups is 1. The van der Waals surface area contributed by atoms with Crippen molar-refractivity contribution in [2.45, 2.75) is 110 Å². The molecule has 0 bridgehead atoms. The second kappa shape index (κ2) is 19.2. The summed E-state index contributed by atoms with van der Waals surface area (Å²) >= 11 is 5.77. The molecule has 0 saturated heterocycles. The second-order valence-corrected chi connectivity index (χ2v) is 10.3. The van der Waals surface area contributed by atoms with Crippen molar-refractivity contribution in [3.63, 3.8) is 0 Å². The zero-order valence-electron chi connectivity index (χ0n) is 22.5. The number of halogens is 1.